The lowest BCUT2D eigenvalue weighted by atomic mass is 9.92. The molecule has 5 heteroatoms. The van der Waals surface area contributed by atoms with E-state index in [4.69, 9.17) is 0 Å². The molecule has 3 aromatic heterocycles. The topological polar surface area (TPSA) is 50.5 Å². The lowest BCUT2D eigenvalue weighted by Crippen LogP contribution is -2.38. The number of ketones is 1. The summed E-state index contributed by atoms with van der Waals surface area (Å²) in [6.45, 7) is 4.69. The summed E-state index contributed by atoms with van der Waals surface area (Å²) in [7, 11) is 0. The first kappa shape index (κ1) is 16.0. The van der Waals surface area contributed by atoms with E-state index in [2.05, 4.69) is 32.4 Å². The summed E-state index contributed by atoms with van der Waals surface area (Å²) in [5, 5.41) is 0. The molecule has 1 saturated heterocycles. The predicted octanol–water partition coefficient (Wildman–Crippen LogP) is 3.13. The Hall–Kier alpha value is -2.53. The molecule has 0 radical (unpaired) electrons. The SMILES string of the molecule is Cc1nc2ccccn2c1CN1CCC[C@H](C(=O)c2ccccn2)C1. The Morgan fingerprint density at radius 3 is 2.96 bits per heavy atom. The molecule has 0 aromatic carbocycles. The number of nitrogens with zero attached hydrogens (tertiary/aromatic N) is 4. The molecule has 0 amide bonds. The van der Waals surface area contributed by atoms with E-state index in [1.54, 1.807) is 6.20 Å². The van der Waals surface area contributed by atoms with Crippen LogP contribution in [0.25, 0.3) is 5.65 Å². The molecule has 25 heavy (non-hydrogen) atoms. The number of aromatic nitrogens is 3. The average molecular weight is 334 g/mol. The third-order valence-electron chi connectivity index (χ3n) is 5.00. The molecule has 0 N–H and O–H groups in total. The van der Waals surface area contributed by atoms with Gasteiger partial charge in [0.25, 0.3) is 0 Å². The first-order valence-corrected chi connectivity index (χ1v) is 8.82. The second kappa shape index (κ2) is 6.76. The molecule has 1 fully saturated rings. The number of carbonyl (C=O) groups is 1. The molecule has 0 saturated carbocycles. The molecule has 0 spiro atoms. The van der Waals surface area contributed by atoms with Gasteiger partial charge < -0.3 is 4.40 Å². The van der Waals surface area contributed by atoms with Crippen LogP contribution in [0.15, 0.2) is 48.8 Å². The van der Waals surface area contributed by atoms with Crippen molar-refractivity contribution in [3.63, 3.8) is 0 Å². The first-order chi connectivity index (χ1) is 12.2. The van der Waals surface area contributed by atoms with Crippen molar-refractivity contribution in [1.29, 1.82) is 0 Å². The molecular formula is C20H22N4O. The highest BCUT2D eigenvalue weighted by Crippen LogP contribution is 2.23. The van der Waals surface area contributed by atoms with Gasteiger partial charge in [0, 0.05) is 31.4 Å². The highest BCUT2D eigenvalue weighted by molar-refractivity contribution is 5.96. The van der Waals surface area contributed by atoms with Crippen molar-refractivity contribution in [3.8, 4) is 0 Å². The Kier molecular flexibility index (Phi) is 4.32. The Bertz CT molecular complexity index is 887. The van der Waals surface area contributed by atoms with Gasteiger partial charge in [0.1, 0.15) is 11.3 Å². The molecular weight excluding hydrogens is 312 g/mol. The fraction of sp³-hybridized carbons (Fsp3) is 0.350. The second-order valence-corrected chi connectivity index (χ2v) is 6.73. The van der Waals surface area contributed by atoms with Crippen LogP contribution in [0, 0.1) is 12.8 Å². The van der Waals surface area contributed by atoms with Crippen LogP contribution < -0.4 is 0 Å². The smallest absolute Gasteiger partial charge is 0.185 e. The van der Waals surface area contributed by atoms with E-state index in [0.717, 1.165) is 43.8 Å². The fourth-order valence-corrected chi connectivity index (χ4v) is 3.70. The molecule has 128 valence electrons. The van der Waals surface area contributed by atoms with Gasteiger partial charge in [-0.1, -0.05) is 12.1 Å². The van der Waals surface area contributed by atoms with Gasteiger partial charge in [-0.15, -0.1) is 0 Å². The van der Waals surface area contributed by atoms with E-state index in [0.29, 0.717) is 5.69 Å². The third kappa shape index (κ3) is 3.20. The third-order valence-corrected chi connectivity index (χ3v) is 5.00. The van der Waals surface area contributed by atoms with Crippen LogP contribution in [0.4, 0.5) is 0 Å². The molecule has 3 aromatic rings. The van der Waals surface area contributed by atoms with E-state index >= 15 is 0 Å². The van der Waals surface area contributed by atoms with Crippen LogP contribution >= 0.6 is 0 Å². The normalized spacial score (nSPS) is 18.5. The molecule has 1 aliphatic rings. The highest BCUT2D eigenvalue weighted by atomic mass is 16.1. The van der Waals surface area contributed by atoms with Gasteiger partial charge >= 0.3 is 0 Å². The zero-order valence-corrected chi connectivity index (χ0v) is 14.4. The Balaban J connectivity index is 1.52. The van der Waals surface area contributed by atoms with E-state index < -0.39 is 0 Å². The quantitative estimate of drug-likeness (QED) is 0.688. The van der Waals surface area contributed by atoms with Gasteiger partial charge in [0.2, 0.25) is 0 Å². The van der Waals surface area contributed by atoms with Crippen LogP contribution in [0.2, 0.25) is 0 Å². The molecule has 0 unspecified atom stereocenters. The first-order valence-electron chi connectivity index (χ1n) is 8.82. The number of fused-ring (bicyclic) bond motifs is 1. The van der Waals surface area contributed by atoms with Gasteiger partial charge in [0.15, 0.2) is 5.78 Å². The van der Waals surface area contributed by atoms with E-state index in [1.165, 1.54) is 5.69 Å². The molecule has 0 bridgehead atoms. The number of hydrogen-bond donors (Lipinski definition) is 0. The minimum Gasteiger partial charge on any atom is -0.302 e. The molecule has 0 aliphatic carbocycles. The molecule has 1 aliphatic heterocycles. The van der Waals surface area contributed by atoms with Gasteiger partial charge in [-0.2, -0.15) is 0 Å². The van der Waals surface area contributed by atoms with E-state index in [9.17, 15) is 4.79 Å². The minimum absolute atomic E-state index is 0.0307. The maximum absolute atomic E-state index is 12.7. The summed E-state index contributed by atoms with van der Waals surface area (Å²) < 4.78 is 2.15. The zero-order valence-electron chi connectivity index (χ0n) is 14.4. The number of pyridine rings is 2. The van der Waals surface area contributed by atoms with Gasteiger partial charge in [-0.05, 0) is 50.6 Å². The number of piperidine rings is 1. The van der Waals surface area contributed by atoms with Gasteiger partial charge in [-0.3, -0.25) is 14.7 Å². The number of aryl methyl sites for hydroxylation is 1. The van der Waals surface area contributed by atoms with Crippen molar-refractivity contribution in [1.82, 2.24) is 19.3 Å². The monoisotopic (exact) mass is 334 g/mol. The lowest BCUT2D eigenvalue weighted by molar-refractivity contribution is 0.0804. The number of hydrogen-bond acceptors (Lipinski definition) is 4. The highest BCUT2D eigenvalue weighted by Gasteiger charge is 2.28. The maximum atomic E-state index is 12.7. The molecule has 1 atom stereocenters. The van der Waals surface area contributed by atoms with E-state index in [-0.39, 0.29) is 11.7 Å². The van der Waals surface area contributed by atoms with Crippen LogP contribution in [0.3, 0.4) is 0 Å². The van der Waals surface area contributed by atoms with Crippen LogP contribution in [0.1, 0.15) is 34.7 Å². The van der Waals surface area contributed by atoms with E-state index in [1.807, 2.05) is 36.4 Å². The summed E-state index contributed by atoms with van der Waals surface area (Å²) in [5.41, 5.74) is 3.83. The summed E-state index contributed by atoms with van der Waals surface area (Å²) in [4.78, 5) is 24.0. The average Bonchev–Trinajstić information content (AvgIpc) is 2.97. The van der Waals surface area contributed by atoms with Crippen LogP contribution in [-0.2, 0) is 6.54 Å². The maximum Gasteiger partial charge on any atom is 0.185 e. The Morgan fingerprint density at radius 2 is 2.12 bits per heavy atom. The van der Waals surface area contributed by atoms with Crippen LogP contribution in [-0.4, -0.2) is 38.1 Å². The number of Topliss-reactive ketones (excluding diaryl/α,β-unsaturated/α-hetero) is 1. The summed E-state index contributed by atoms with van der Waals surface area (Å²) in [5.74, 6) is 0.198. The van der Waals surface area contributed by atoms with Gasteiger partial charge in [-0.25, -0.2) is 4.98 Å². The summed E-state index contributed by atoms with van der Waals surface area (Å²) in [6.07, 6.45) is 5.73. The van der Waals surface area contributed by atoms with Crippen molar-refractivity contribution in [2.24, 2.45) is 5.92 Å². The second-order valence-electron chi connectivity index (χ2n) is 6.73. The van der Waals surface area contributed by atoms with Crippen molar-refractivity contribution in [2.45, 2.75) is 26.3 Å². The number of likely N-dealkylation sites (tertiary alicyclic amines) is 1. The number of carbonyl (C=O) groups excluding carboxylic acids is 1. The number of rotatable bonds is 4. The number of imidazole rings is 1. The van der Waals surface area contributed by atoms with Crippen molar-refractivity contribution in [3.05, 3.63) is 65.9 Å². The minimum atomic E-state index is 0.0307. The largest absolute Gasteiger partial charge is 0.302 e. The summed E-state index contributed by atoms with van der Waals surface area (Å²) >= 11 is 0. The molecule has 4 rings (SSSR count). The summed E-state index contributed by atoms with van der Waals surface area (Å²) in [6, 6.07) is 11.6. The van der Waals surface area contributed by atoms with Crippen LogP contribution in [0.5, 0.6) is 0 Å². The molecule has 5 nitrogen and oxygen atoms in total. The Labute approximate surface area is 147 Å². The van der Waals surface area contributed by atoms with Gasteiger partial charge in [0.05, 0.1) is 11.4 Å². The zero-order chi connectivity index (χ0) is 17.2. The molecule has 4 heterocycles. The lowest BCUT2D eigenvalue weighted by Gasteiger charge is -2.31. The Morgan fingerprint density at radius 1 is 1.24 bits per heavy atom. The van der Waals surface area contributed by atoms with Crippen molar-refractivity contribution in [2.75, 3.05) is 13.1 Å². The predicted molar refractivity (Wildman–Crippen MR) is 96.5 cm³/mol. The van der Waals surface area contributed by atoms with Crippen molar-refractivity contribution >= 4 is 11.4 Å². The standard InChI is InChI=1S/C20H22N4O/c1-15-18(24-12-5-3-9-19(24)22-15)14-23-11-6-7-16(13-23)20(25)17-8-2-4-10-21-17/h2-5,8-10,12,16H,6-7,11,13-14H2,1H3/t16-/m0/s1. The fourth-order valence-electron chi connectivity index (χ4n) is 3.70. The van der Waals surface area contributed by atoms with Crippen molar-refractivity contribution < 1.29 is 4.79 Å².